The summed E-state index contributed by atoms with van der Waals surface area (Å²) >= 11 is 1.01. The Morgan fingerprint density at radius 3 is 2.32 bits per heavy atom. The number of rotatable bonds is 10. The molecule has 198 valence electrons. The van der Waals surface area contributed by atoms with E-state index in [0.717, 1.165) is 22.9 Å². The number of thioether (sulfide) groups is 1. The lowest BCUT2D eigenvalue weighted by molar-refractivity contribution is -0.119. The first-order valence-corrected chi connectivity index (χ1v) is 13.9. The smallest absolute Gasteiger partial charge is 0.262 e. The molecule has 1 aromatic heterocycles. The molecule has 10 nitrogen and oxygen atoms in total. The second-order valence-corrected chi connectivity index (χ2v) is 10.9. The number of nitrogens with one attached hydrogen (secondary N) is 2. The van der Waals surface area contributed by atoms with Gasteiger partial charge in [0.2, 0.25) is 5.91 Å². The van der Waals surface area contributed by atoms with Crippen LogP contribution < -0.4 is 25.3 Å². The summed E-state index contributed by atoms with van der Waals surface area (Å²) in [5.41, 5.74) is 4.05. The number of methoxy groups -OCH3 is 2. The molecule has 0 spiro atoms. The van der Waals surface area contributed by atoms with Gasteiger partial charge < -0.3 is 9.47 Å². The van der Waals surface area contributed by atoms with Crippen LogP contribution in [-0.2, 0) is 21.4 Å². The average molecular weight is 555 g/mol. The molecule has 0 saturated carbocycles. The molecule has 0 saturated heterocycles. The van der Waals surface area contributed by atoms with Crippen molar-refractivity contribution in [3.63, 3.8) is 0 Å². The van der Waals surface area contributed by atoms with Gasteiger partial charge in [-0.2, -0.15) is 0 Å². The molecule has 3 aromatic carbocycles. The third-order valence-corrected chi connectivity index (χ3v) is 7.84. The maximum atomic E-state index is 13.5. The van der Waals surface area contributed by atoms with Crippen molar-refractivity contribution in [3.8, 4) is 11.5 Å². The Morgan fingerprint density at radius 2 is 1.66 bits per heavy atom. The zero-order valence-corrected chi connectivity index (χ0v) is 22.6. The van der Waals surface area contributed by atoms with Gasteiger partial charge in [0.1, 0.15) is 0 Å². The number of fused-ring (bicyclic) bond motifs is 1. The van der Waals surface area contributed by atoms with Crippen LogP contribution >= 0.6 is 11.8 Å². The zero-order chi connectivity index (χ0) is 27.3. The lowest BCUT2D eigenvalue weighted by Crippen LogP contribution is -2.42. The maximum absolute atomic E-state index is 13.5. The Morgan fingerprint density at radius 1 is 1.00 bits per heavy atom. The molecule has 2 N–H and O–H groups in total. The molecule has 0 aliphatic carbocycles. The molecule has 38 heavy (non-hydrogen) atoms. The lowest BCUT2D eigenvalue weighted by Gasteiger charge is -2.15. The first-order valence-electron chi connectivity index (χ1n) is 11.4. The molecule has 4 rings (SSSR count). The number of carbonyl (C=O) groups excluding carboxylic acids is 1. The number of hydrazine groups is 1. The number of aromatic nitrogens is 2. The number of aryl methyl sites for hydroxylation is 1. The third-order valence-electron chi connectivity index (χ3n) is 5.60. The number of amides is 1. The number of carbonyl (C=O) groups is 1. The average Bonchev–Trinajstić information content (AvgIpc) is 2.92. The predicted octanol–water partition coefficient (Wildman–Crippen LogP) is 2.87. The lowest BCUT2D eigenvalue weighted by atomic mass is 10.2. The first-order chi connectivity index (χ1) is 18.2. The SMILES string of the molecule is COc1cc2nc(SCC(=O)NNS(=O)(=O)c3ccc(C)cc3)n(Cc3ccccc3)c(=O)c2cc1OC. The summed E-state index contributed by atoms with van der Waals surface area (Å²) in [6.45, 7) is 2.06. The van der Waals surface area contributed by atoms with Crippen molar-refractivity contribution in [2.75, 3.05) is 20.0 Å². The molecule has 0 atom stereocenters. The van der Waals surface area contributed by atoms with Gasteiger partial charge in [-0.15, -0.1) is 4.83 Å². The molecule has 0 aliphatic heterocycles. The van der Waals surface area contributed by atoms with Crippen molar-refractivity contribution in [1.82, 2.24) is 19.8 Å². The number of hydrogen-bond donors (Lipinski definition) is 2. The normalized spacial score (nSPS) is 11.3. The second-order valence-electron chi connectivity index (χ2n) is 8.25. The van der Waals surface area contributed by atoms with Crippen LogP contribution in [0.4, 0.5) is 0 Å². The van der Waals surface area contributed by atoms with Crippen LogP contribution in [0.2, 0.25) is 0 Å². The van der Waals surface area contributed by atoms with E-state index in [9.17, 15) is 18.0 Å². The minimum absolute atomic E-state index is 0.0216. The van der Waals surface area contributed by atoms with Gasteiger partial charge in [-0.25, -0.2) is 13.4 Å². The van der Waals surface area contributed by atoms with E-state index in [2.05, 4.69) is 15.2 Å². The fraction of sp³-hybridized carbons (Fsp3) is 0.192. The van der Waals surface area contributed by atoms with E-state index in [0.29, 0.717) is 22.4 Å². The van der Waals surface area contributed by atoms with Gasteiger partial charge in [0.05, 0.1) is 42.3 Å². The second kappa shape index (κ2) is 11.7. The van der Waals surface area contributed by atoms with Crippen LogP contribution in [0.3, 0.4) is 0 Å². The van der Waals surface area contributed by atoms with Gasteiger partial charge >= 0.3 is 0 Å². The van der Waals surface area contributed by atoms with Crippen molar-refractivity contribution in [3.05, 3.63) is 88.2 Å². The van der Waals surface area contributed by atoms with E-state index in [4.69, 9.17) is 9.47 Å². The van der Waals surface area contributed by atoms with Gasteiger partial charge in [0, 0.05) is 6.07 Å². The van der Waals surface area contributed by atoms with Crippen molar-refractivity contribution in [1.29, 1.82) is 0 Å². The predicted molar refractivity (Wildman–Crippen MR) is 145 cm³/mol. The fourth-order valence-electron chi connectivity index (χ4n) is 3.61. The highest BCUT2D eigenvalue weighted by molar-refractivity contribution is 7.99. The molecule has 0 aliphatic rings. The Bertz CT molecular complexity index is 1620. The highest BCUT2D eigenvalue weighted by Gasteiger charge is 2.18. The summed E-state index contributed by atoms with van der Waals surface area (Å²) in [5.74, 6) is -0.00693. The molecular weight excluding hydrogens is 528 g/mol. The molecular formula is C26H26N4O6S2. The summed E-state index contributed by atoms with van der Waals surface area (Å²) in [6, 6.07) is 18.8. The molecule has 0 radical (unpaired) electrons. The van der Waals surface area contributed by atoms with E-state index >= 15 is 0 Å². The van der Waals surface area contributed by atoms with Gasteiger partial charge in [-0.05, 0) is 30.7 Å². The molecule has 0 bridgehead atoms. The van der Waals surface area contributed by atoms with Crippen molar-refractivity contribution in [2.45, 2.75) is 23.5 Å². The highest BCUT2D eigenvalue weighted by atomic mass is 32.2. The Hall–Kier alpha value is -3.87. The molecule has 4 aromatic rings. The molecule has 1 heterocycles. The van der Waals surface area contributed by atoms with Gasteiger partial charge in [0.15, 0.2) is 16.7 Å². The number of hydrogen-bond acceptors (Lipinski definition) is 8. The Labute approximate surface area is 224 Å². The van der Waals surface area contributed by atoms with E-state index in [1.807, 2.05) is 37.3 Å². The van der Waals surface area contributed by atoms with Gasteiger partial charge in [-0.3, -0.25) is 19.6 Å². The number of ether oxygens (including phenoxy) is 2. The fourth-order valence-corrected chi connectivity index (χ4v) is 5.27. The largest absolute Gasteiger partial charge is 0.493 e. The van der Waals surface area contributed by atoms with Gasteiger partial charge in [0.25, 0.3) is 15.6 Å². The number of sulfonamides is 1. The van der Waals surface area contributed by atoms with Crippen LogP contribution in [0.1, 0.15) is 11.1 Å². The Balaban J connectivity index is 1.59. The molecule has 0 fully saturated rings. The van der Waals surface area contributed by atoms with Crippen molar-refractivity contribution < 1.29 is 22.7 Å². The highest BCUT2D eigenvalue weighted by Crippen LogP contribution is 2.31. The monoisotopic (exact) mass is 554 g/mol. The maximum Gasteiger partial charge on any atom is 0.262 e. The molecule has 0 unspecified atom stereocenters. The number of benzene rings is 3. The molecule has 1 amide bonds. The van der Waals surface area contributed by atoms with E-state index in [-0.39, 0.29) is 27.9 Å². The summed E-state index contributed by atoms with van der Waals surface area (Å²) in [4.78, 5) is 32.8. The minimum Gasteiger partial charge on any atom is -0.493 e. The minimum atomic E-state index is -3.94. The van der Waals surface area contributed by atoms with Crippen LogP contribution in [0.5, 0.6) is 11.5 Å². The standard InChI is InChI=1S/C26H26N4O6S2/c1-17-9-11-19(12-10-17)38(33,34)29-28-24(31)16-37-26-27-21-14-23(36-3)22(35-2)13-20(21)25(32)30(26)15-18-7-5-4-6-8-18/h4-14,29H,15-16H2,1-3H3,(H,28,31). The first kappa shape index (κ1) is 27.2. The molecule has 12 heteroatoms. The summed E-state index contributed by atoms with van der Waals surface area (Å²) in [7, 11) is -0.976. The van der Waals surface area contributed by atoms with Crippen LogP contribution in [0.25, 0.3) is 10.9 Å². The van der Waals surface area contributed by atoms with E-state index in [1.54, 1.807) is 24.3 Å². The van der Waals surface area contributed by atoms with E-state index < -0.39 is 15.9 Å². The topological polar surface area (TPSA) is 129 Å². The Kier molecular flexibility index (Phi) is 8.35. The summed E-state index contributed by atoms with van der Waals surface area (Å²) < 4.78 is 37.1. The zero-order valence-electron chi connectivity index (χ0n) is 20.9. The third kappa shape index (κ3) is 6.15. The van der Waals surface area contributed by atoms with Gasteiger partial charge in [-0.1, -0.05) is 59.8 Å². The summed E-state index contributed by atoms with van der Waals surface area (Å²) in [5, 5.41) is 0.619. The van der Waals surface area contributed by atoms with Crippen molar-refractivity contribution in [2.24, 2.45) is 0 Å². The van der Waals surface area contributed by atoms with E-state index in [1.165, 1.54) is 30.9 Å². The van der Waals surface area contributed by atoms with Crippen LogP contribution in [0, 0.1) is 6.92 Å². The van der Waals surface area contributed by atoms with Crippen LogP contribution in [0.15, 0.2) is 81.6 Å². The quantitative estimate of drug-likeness (QED) is 0.174. The van der Waals surface area contributed by atoms with Crippen molar-refractivity contribution >= 4 is 38.6 Å². The number of nitrogens with zero attached hydrogens (tertiary/aromatic N) is 2. The summed E-state index contributed by atoms with van der Waals surface area (Å²) in [6.07, 6.45) is 0. The van der Waals surface area contributed by atoms with Crippen LogP contribution in [-0.4, -0.2) is 43.8 Å².